The van der Waals surface area contributed by atoms with Gasteiger partial charge in [0.1, 0.15) is 5.82 Å². The molecule has 3 heteroatoms. The van der Waals surface area contributed by atoms with Crippen LogP contribution in [0.3, 0.4) is 0 Å². The molecule has 1 saturated carbocycles. The minimum Gasteiger partial charge on any atom is -0.354 e. The second kappa shape index (κ2) is 5.49. The molecule has 1 aromatic rings. The van der Waals surface area contributed by atoms with Gasteiger partial charge in [-0.05, 0) is 64.7 Å². The van der Waals surface area contributed by atoms with Crippen molar-refractivity contribution < 1.29 is 0 Å². The predicted molar refractivity (Wildman–Crippen MR) is 81.6 cm³/mol. The minimum atomic E-state index is 0.149. The van der Waals surface area contributed by atoms with Gasteiger partial charge in [0.15, 0.2) is 0 Å². The summed E-state index contributed by atoms with van der Waals surface area (Å²) in [5.74, 6) is 1.17. The molecule has 0 atom stereocenters. The van der Waals surface area contributed by atoms with Crippen LogP contribution in [0.4, 0.5) is 5.82 Å². The maximum Gasteiger partial charge on any atom is 0.131 e. The molecule has 0 unspecified atom stereocenters. The van der Waals surface area contributed by atoms with Crippen molar-refractivity contribution in [3.63, 3.8) is 0 Å². The van der Waals surface area contributed by atoms with Crippen LogP contribution in [0.5, 0.6) is 0 Å². The third-order valence-electron chi connectivity index (χ3n) is 3.53. The number of aryl methyl sites for hydroxylation is 1. The Labute approximate surface area is 117 Å². The Balaban J connectivity index is 2.08. The molecule has 3 nitrogen and oxygen atoms in total. The van der Waals surface area contributed by atoms with Crippen LogP contribution < -0.4 is 10.2 Å². The Morgan fingerprint density at radius 1 is 1.37 bits per heavy atom. The van der Waals surface area contributed by atoms with E-state index in [1.807, 2.05) is 6.20 Å². The summed E-state index contributed by atoms with van der Waals surface area (Å²) in [5, 5.41) is 3.51. The van der Waals surface area contributed by atoms with Crippen LogP contribution in [0.25, 0.3) is 0 Å². The molecule has 1 aliphatic rings. The molecule has 0 spiro atoms. The normalized spacial score (nSPS) is 15.6. The van der Waals surface area contributed by atoms with Crippen molar-refractivity contribution in [2.75, 3.05) is 11.4 Å². The van der Waals surface area contributed by atoms with Gasteiger partial charge in [0.05, 0.1) is 0 Å². The highest BCUT2D eigenvalue weighted by Gasteiger charge is 2.29. The van der Waals surface area contributed by atoms with Gasteiger partial charge in [-0.2, -0.15) is 0 Å². The zero-order valence-corrected chi connectivity index (χ0v) is 13.0. The summed E-state index contributed by atoms with van der Waals surface area (Å²) in [6, 6.07) is 3.00. The SMILES string of the molecule is CCN(c1ncc(CNC(C)(C)C)cc1C)C1CC1. The van der Waals surface area contributed by atoms with Crippen molar-refractivity contribution in [2.24, 2.45) is 0 Å². The van der Waals surface area contributed by atoms with Gasteiger partial charge < -0.3 is 10.2 Å². The summed E-state index contributed by atoms with van der Waals surface area (Å²) >= 11 is 0. The third-order valence-corrected chi connectivity index (χ3v) is 3.53. The lowest BCUT2D eigenvalue weighted by Gasteiger charge is -2.24. The topological polar surface area (TPSA) is 28.2 Å². The van der Waals surface area contributed by atoms with E-state index >= 15 is 0 Å². The first-order valence-corrected chi connectivity index (χ1v) is 7.38. The molecule has 1 aliphatic carbocycles. The number of hydrogen-bond donors (Lipinski definition) is 1. The molecule has 2 rings (SSSR count). The Kier molecular flexibility index (Phi) is 4.14. The van der Waals surface area contributed by atoms with Gasteiger partial charge in [0.2, 0.25) is 0 Å². The van der Waals surface area contributed by atoms with Crippen molar-refractivity contribution in [3.05, 3.63) is 23.4 Å². The Hall–Kier alpha value is -1.09. The lowest BCUT2D eigenvalue weighted by atomic mass is 10.1. The maximum absolute atomic E-state index is 4.70. The van der Waals surface area contributed by atoms with Crippen molar-refractivity contribution >= 4 is 5.82 Å². The van der Waals surface area contributed by atoms with Crippen LogP contribution in [0.2, 0.25) is 0 Å². The summed E-state index contributed by atoms with van der Waals surface area (Å²) < 4.78 is 0. The lowest BCUT2D eigenvalue weighted by molar-refractivity contribution is 0.424. The monoisotopic (exact) mass is 261 g/mol. The molecule has 1 heterocycles. The van der Waals surface area contributed by atoms with E-state index in [1.54, 1.807) is 0 Å². The molecule has 106 valence electrons. The molecule has 0 saturated heterocycles. The average molecular weight is 261 g/mol. The van der Waals surface area contributed by atoms with E-state index < -0.39 is 0 Å². The molecule has 0 aromatic carbocycles. The van der Waals surface area contributed by atoms with Crippen LogP contribution >= 0.6 is 0 Å². The number of hydrogen-bond acceptors (Lipinski definition) is 3. The van der Waals surface area contributed by atoms with Crippen LogP contribution in [-0.4, -0.2) is 23.1 Å². The summed E-state index contributed by atoms with van der Waals surface area (Å²) in [6.45, 7) is 12.9. The van der Waals surface area contributed by atoms with E-state index in [2.05, 4.69) is 50.9 Å². The van der Waals surface area contributed by atoms with E-state index in [-0.39, 0.29) is 5.54 Å². The van der Waals surface area contributed by atoms with Gasteiger partial charge in [-0.15, -0.1) is 0 Å². The summed E-state index contributed by atoms with van der Waals surface area (Å²) in [5.41, 5.74) is 2.71. The number of aromatic nitrogens is 1. The van der Waals surface area contributed by atoms with E-state index in [4.69, 9.17) is 4.98 Å². The van der Waals surface area contributed by atoms with Crippen LogP contribution in [0.1, 0.15) is 51.7 Å². The maximum atomic E-state index is 4.70. The average Bonchev–Trinajstić information content (AvgIpc) is 3.13. The van der Waals surface area contributed by atoms with Crippen LogP contribution in [-0.2, 0) is 6.54 Å². The van der Waals surface area contributed by atoms with Crippen LogP contribution in [0, 0.1) is 6.92 Å². The number of rotatable bonds is 5. The summed E-state index contributed by atoms with van der Waals surface area (Å²) in [4.78, 5) is 7.14. The van der Waals surface area contributed by atoms with Crippen molar-refractivity contribution in [1.82, 2.24) is 10.3 Å². The second-order valence-corrected chi connectivity index (χ2v) is 6.60. The molecular weight excluding hydrogens is 234 g/mol. The highest BCUT2D eigenvalue weighted by Crippen LogP contribution is 2.32. The zero-order chi connectivity index (χ0) is 14.0. The molecule has 0 amide bonds. The molecule has 1 aromatic heterocycles. The summed E-state index contributed by atoms with van der Waals surface area (Å²) in [6.07, 6.45) is 4.66. The van der Waals surface area contributed by atoms with Crippen molar-refractivity contribution in [1.29, 1.82) is 0 Å². The highest BCUT2D eigenvalue weighted by atomic mass is 15.2. The molecule has 0 bridgehead atoms. The predicted octanol–water partition coefficient (Wildman–Crippen LogP) is 3.27. The quantitative estimate of drug-likeness (QED) is 0.881. The smallest absolute Gasteiger partial charge is 0.131 e. The standard InChI is InChI=1S/C16H27N3/c1-6-19(14-7-8-14)15-12(2)9-13(10-17-15)11-18-16(3,4)5/h9-10,14,18H,6-8,11H2,1-5H3. The molecule has 19 heavy (non-hydrogen) atoms. The highest BCUT2D eigenvalue weighted by molar-refractivity contribution is 5.49. The van der Waals surface area contributed by atoms with E-state index in [9.17, 15) is 0 Å². The van der Waals surface area contributed by atoms with Gasteiger partial charge in [0.25, 0.3) is 0 Å². The van der Waals surface area contributed by atoms with E-state index in [0.717, 1.165) is 19.1 Å². The lowest BCUT2D eigenvalue weighted by Crippen LogP contribution is -2.35. The van der Waals surface area contributed by atoms with Crippen molar-refractivity contribution in [3.8, 4) is 0 Å². The van der Waals surface area contributed by atoms with E-state index in [0.29, 0.717) is 0 Å². The van der Waals surface area contributed by atoms with Gasteiger partial charge in [-0.1, -0.05) is 0 Å². The molecule has 0 radical (unpaired) electrons. The molecule has 1 fully saturated rings. The largest absolute Gasteiger partial charge is 0.354 e. The van der Waals surface area contributed by atoms with Gasteiger partial charge in [-0.3, -0.25) is 0 Å². The first-order chi connectivity index (χ1) is 8.90. The Bertz CT molecular complexity index is 430. The molecule has 1 N–H and O–H groups in total. The number of anilines is 1. The van der Waals surface area contributed by atoms with Crippen molar-refractivity contribution in [2.45, 2.75) is 65.6 Å². The van der Waals surface area contributed by atoms with Gasteiger partial charge in [0, 0.05) is 30.9 Å². The minimum absolute atomic E-state index is 0.149. The molecular formula is C16H27N3. The summed E-state index contributed by atoms with van der Waals surface area (Å²) in [7, 11) is 0. The Morgan fingerprint density at radius 2 is 2.05 bits per heavy atom. The fourth-order valence-electron chi connectivity index (χ4n) is 2.36. The second-order valence-electron chi connectivity index (χ2n) is 6.60. The van der Waals surface area contributed by atoms with Crippen LogP contribution in [0.15, 0.2) is 12.3 Å². The number of pyridine rings is 1. The zero-order valence-electron chi connectivity index (χ0n) is 13.0. The van der Waals surface area contributed by atoms with Gasteiger partial charge in [-0.25, -0.2) is 4.98 Å². The fourth-order valence-corrected chi connectivity index (χ4v) is 2.36. The first-order valence-electron chi connectivity index (χ1n) is 7.38. The van der Waals surface area contributed by atoms with Gasteiger partial charge >= 0.3 is 0 Å². The number of nitrogens with one attached hydrogen (secondary N) is 1. The fraction of sp³-hybridized carbons (Fsp3) is 0.688. The Morgan fingerprint density at radius 3 is 2.53 bits per heavy atom. The first kappa shape index (κ1) is 14.3. The number of nitrogens with zero attached hydrogens (tertiary/aromatic N) is 2. The molecule has 0 aliphatic heterocycles. The van der Waals surface area contributed by atoms with E-state index in [1.165, 1.54) is 29.8 Å². The third kappa shape index (κ3) is 3.93.